The molecule has 1 aromatic heterocycles. The molecule has 2 saturated heterocycles. The second kappa shape index (κ2) is 8.44. The average molecular weight is 323 g/mol. The van der Waals surface area contributed by atoms with Crippen LogP contribution in [0.25, 0.3) is 0 Å². The lowest BCUT2D eigenvalue weighted by Gasteiger charge is -2.31. The Morgan fingerprint density at radius 2 is 1.59 bits per heavy atom. The van der Waals surface area contributed by atoms with E-state index in [-0.39, 0.29) is 0 Å². The van der Waals surface area contributed by atoms with Gasteiger partial charge in [-0.05, 0) is 76.3 Å². The fourth-order valence-corrected chi connectivity index (χ4v) is 4.79. The first-order valence-electron chi connectivity index (χ1n) is 8.85. The number of rotatable bonds is 7. The predicted octanol–water partition coefficient (Wildman–Crippen LogP) is 3.59. The Morgan fingerprint density at radius 3 is 2.18 bits per heavy atom. The van der Waals surface area contributed by atoms with Crippen LogP contribution in [0.2, 0.25) is 0 Å². The number of thiophene rings is 1. The molecule has 2 fully saturated rings. The van der Waals surface area contributed by atoms with Crippen LogP contribution in [0.5, 0.6) is 0 Å². The SMILES string of the molecule is COCCC1CCN(Cc2ccc(CN3CCCC3)s2)CC1. The van der Waals surface area contributed by atoms with Crippen LogP contribution in [0.4, 0.5) is 0 Å². The van der Waals surface area contributed by atoms with Crippen LogP contribution < -0.4 is 0 Å². The standard InChI is InChI=1S/C18H30N2OS/c1-21-13-8-16-6-11-20(12-7-16)15-18-5-4-17(22-18)14-19-9-2-3-10-19/h4-5,16H,2-3,6-15H2,1H3. The largest absolute Gasteiger partial charge is 0.385 e. The molecule has 22 heavy (non-hydrogen) atoms. The summed E-state index contributed by atoms with van der Waals surface area (Å²) in [5.74, 6) is 0.880. The summed E-state index contributed by atoms with van der Waals surface area (Å²) in [5, 5.41) is 0. The van der Waals surface area contributed by atoms with Gasteiger partial charge in [-0.2, -0.15) is 0 Å². The first-order chi connectivity index (χ1) is 10.8. The molecule has 1 aromatic rings. The molecule has 4 heteroatoms. The molecule has 3 rings (SSSR count). The van der Waals surface area contributed by atoms with Crippen molar-refractivity contribution in [2.75, 3.05) is 39.9 Å². The highest BCUT2D eigenvalue weighted by atomic mass is 32.1. The number of hydrogen-bond donors (Lipinski definition) is 0. The van der Waals surface area contributed by atoms with Gasteiger partial charge in [-0.1, -0.05) is 0 Å². The lowest BCUT2D eigenvalue weighted by atomic mass is 9.94. The molecule has 0 radical (unpaired) electrons. The average Bonchev–Trinajstić information content (AvgIpc) is 3.19. The van der Waals surface area contributed by atoms with Crippen molar-refractivity contribution in [1.82, 2.24) is 9.80 Å². The van der Waals surface area contributed by atoms with Crippen molar-refractivity contribution >= 4 is 11.3 Å². The Kier molecular flexibility index (Phi) is 6.30. The van der Waals surface area contributed by atoms with E-state index in [4.69, 9.17) is 4.74 Å². The quantitative estimate of drug-likeness (QED) is 0.763. The smallest absolute Gasteiger partial charge is 0.0464 e. The monoisotopic (exact) mass is 322 g/mol. The zero-order chi connectivity index (χ0) is 15.2. The fraction of sp³-hybridized carbons (Fsp3) is 0.778. The molecule has 0 amide bonds. The summed E-state index contributed by atoms with van der Waals surface area (Å²) in [5.41, 5.74) is 0. The van der Waals surface area contributed by atoms with Gasteiger partial charge in [0.25, 0.3) is 0 Å². The van der Waals surface area contributed by atoms with Crippen molar-refractivity contribution in [3.63, 3.8) is 0 Å². The van der Waals surface area contributed by atoms with E-state index in [2.05, 4.69) is 21.9 Å². The van der Waals surface area contributed by atoms with Crippen molar-refractivity contribution in [3.8, 4) is 0 Å². The second-order valence-electron chi connectivity index (χ2n) is 6.85. The number of hydrogen-bond acceptors (Lipinski definition) is 4. The van der Waals surface area contributed by atoms with Crippen molar-refractivity contribution < 1.29 is 4.74 Å². The maximum absolute atomic E-state index is 5.21. The molecule has 0 unspecified atom stereocenters. The third kappa shape index (κ3) is 4.79. The van der Waals surface area contributed by atoms with Gasteiger partial charge in [-0.25, -0.2) is 0 Å². The second-order valence-corrected chi connectivity index (χ2v) is 8.11. The molecule has 3 heterocycles. The van der Waals surface area contributed by atoms with Crippen LogP contribution in [-0.4, -0.2) is 49.7 Å². The van der Waals surface area contributed by atoms with E-state index in [0.29, 0.717) is 0 Å². The highest BCUT2D eigenvalue weighted by Crippen LogP contribution is 2.25. The summed E-state index contributed by atoms with van der Waals surface area (Å²) in [6.45, 7) is 8.35. The van der Waals surface area contributed by atoms with Crippen molar-refractivity contribution in [1.29, 1.82) is 0 Å². The Labute approximate surface area is 139 Å². The molecule has 2 aliphatic heterocycles. The van der Waals surface area contributed by atoms with Gasteiger partial charge in [0.15, 0.2) is 0 Å². The molecule has 0 atom stereocenters. The Morgan fingerprint density at radius 1 is 1.00 bits per heavy atom. The van der Waals surface area contributed by atoms with Crippen LogP contribution in [0.1, 0.15) is 41.9 Å². The molecule has 0 aliphatic carbocycles. The minimum Gasteiger partial charge on any atom is -0.385 e. The fourth-order valence-electron chi connectivity index (χ4n) is 3.69. The van der Waals surface area contributed by atoms with Crippen LogP contribution in [0.3, 0.4) is 0 Å². The lowest BCUT2D eigenvalue weighted by molar-refractivity contribution is 0.132. The zero-order valence-electron chi connectivity index (χ0n) is 13.9. The minimum atomic E-state index is 0.880. The number of piperidine rings is 1. The Bertz CT molecular complexity index is 434. The van der Waals surface area contributed by atoms with Crippen molar-refractivity contribution in [3.05, 3.63) is 21.9 Å². The van der Waals surface area contributed by atoms with Crippen molar-refractivity contribution in [2.45, 2.75) is 45.2 Å². The molecule has 3 nitrogen and oxygen atoms in total. The van der Waals surface area contributed by atoms with Gasteiger partial charge >= 0.3 is 0 Å². The van der Waals surface area contributed by atoms with E-state index in [1.54, 1.807) is 9.75 Å². The summed E-state index contributed by atoms with van der Waals surface area (Å²) >= 11 is 2.02. The summed E-state index contributed by atoms with van der Waals surface area (Å²) in [4.78, 5) is 8.32. The summed E-state index contributed by atoms with van der Waals surface area (Å²) in [7, 11) is 1.81. The van der Waals surface area contributed by atoms with Crippen LogP contribution in [0, 0.1) is 5.92 Å². The highest BCUT2D eigenvalue weighted by molar-refractivity contribution is 7.11. The van der Waals surface area contributed by atoms with Gasteiger partial charge < -0.3 is 4.74 Å². The molecule has 0 saturated carbocycles. The summed E-state index contributed by atoms with van der Waals surface area (Å²) < 4.78 is 5.21. The first kappa shape index (κ1) is 16.4. The van der Waals surface area contributed by atoms with Gasteiger partial charge in [-0.15, -0.1) is 11.3 Å². The van der Waals surface area contributed by atoms with E-state index in [9.17, 15) is 0 Å². The van der Waals surface area contributed by atoms with Gasteiger partial charge in [0.1, 0.15) is 0 Å². The molecule has 0 spiro atoms. The maximum atomic E-state index is 5.21. The van der Waals surface area contributed by atoms with Gasteiger partial charge in [0, 0.05) is 36.6 Å². The molecule has 0 N–H and O–H groups in total. The van der Waals surface area contributed by atoms with E-state index in [1.165, 1.54) is 64.8 Å². The molecule has 0 bridgehead atoms. The number of nitrogens with zero attached hydrogens (tertiary/aromatic N) is 2. The Hall–Kier alpha value is -0.420. The van der Waals surface area contributed by atoms with Gasteiger partial charge in [0.2, 0.25) is 0 Å². The molecule has 2 aliphatic rings. The van der Waals surface area contributed by atoms with Crippen molar-refractivity contribution in [2.24, 2.45) is 5.92 Å². The number of likely N-dealkylation sites (tertiary alicyclic amines) is 2. The topological polar surface area (TPSA) is 15.7 Å². The number of methoxy groups -OCH3 is 1. The first-order valence-corrected chi connectivity index (χ1v) is 9.66. The van der Waals surface area contributed by atoms with E-state index in [0.717, 1.165) is 19.1 Å². The molecule has 0 aromatic carbocycles. The van der Waals surface area contributed by atoms with Crippen LogP contribution in [0.15, 0.2) is 12.1 Å². The maximum Gasteiger partial charge on any atom is 0.0464 e. The van der Waals surface area contributed by atoms with Crippen LogP contribution in [-0.2, 0) is 17.8 Å². The minimum absolute atomic E-state index is 0.880. The number of ether oxygens (including phenoxy) is 1. The normalized spacial score (nSPS) is 21.7. The third-order valence-electron chi connectivity index (χ3n) is 5.11. The van der Waals surface area contributed by atoms with Gasteiger partial charge in [0.05, 0.1) is 0 Å². The van der Waals surface area contributed by atoms with Gasteiger partial charge in [-0.3, -0.25) is 9.80 Å². The highest BCUT2D eigenvalue weighted by Gasteiger charge is 2.19. The molecular weight excluding hydrogens is 292 g/mol. The molecule has 124 valence electrons. The van der Waals surface area contributed by atoms with E-state index < -0.39 is 0 Å². The third-order valence-corrected chi connectivity index (χ3v) is 6.17. The predicted molar refractivity (Wildman–Crippen MR) is 93.3 cm³/mol. The summed E-state index contributed by atoms with van der Waals surface area (Å²) in [6, 6.07) is 4.71. The zero-order valence-corrected chi connectivity index (χ0v) is 14.7. The molecular formula is C18H30N2OS. The van der Waals surface area contributed by atoms with E-state index in [1.807, 2.05) is 18.4 Å². The summed E-state index contributed by atoms with van der Waals surface area (Å²) in [6.07, 6.45) is 6.70. The Balaban J connectivity index is 1.41. The lowest BCUT2D eigenvalue weighted by Crippen LogP contribution is -2.33. The van der Waals surface area contributed by atoms with Crippen LogP contribution >= 0.6 is 11.3 Å². The van der Waals surface area contributed by atoms with E-state index >= 15 is 0 Å².